The minimum atomic E-state index is 0.235. The van der Waals surface area contributed by atoms with Crippen molar-refractivity contribution in [1.82, 2.24) is 10.2 Å². The van der Waals surface area contributed by atoms with Crippen molar-refractivity contribution in [3.8, 4) is 0 Å². The highest BCUT2D eigenvalue weighted by atomic mass is 16.5. The minimum absolute atomic E-state index is 0.235. The number of ether oxygens (including phenoxy) is 1. The van der Waals surface area contributed by atoms with Gasteiger partial charge in [-0.1, -0.05) is 37.3 Å². The summed E-state index contributed by atoms with van der Waals surface area (Å²) in [7, 11) is 0. The van der Waals surface area contributed by atoms with Gasteiger partial charge in [0.25, 0.3) is 0 Å². The average Bonchev–Trinajstić information content (AvgIpc) is 3.00. The third kappa shape index (κ3) is 3.43. The van der Waals surface area contributed by atoms with E-state index in [0.717, 1.165) is 45.4 Å². The zero-order valence-corrected chi connectivity index (χ0v) is 13.7. The van der Waals surface area contributed by atoms with Gasteiger partial charge < -0.3 is 15.0 Å². The van der Waals surface area contributed by atoms with Gasteiger partial charge in [-0.2, -0.15) is 0 Å². The Kier molecular flexibility index (Phi) is 4.67. The first-order valence-corrected chi connectivity index (χ1v) is 8.36. The highest BCUT2D eigenvalue weighted by Crippen LogP contribution is 2.28. The Morgan fingerprint density at radius 1 is 1.36 bits per heavy atom. The van der Waals surface area contributed by atoms with Gasteiger partial charge >= 0.3 is 0 Å². The van der Waals surface area contributed by atoms with Gasteiger partial charge in [-0.05, 0) is 18.9 Å². The zero-order valence-electron chi connectivity index (χ0n) is 13.7. The molecule has 3 rings (SSSR count). The number of guanidine groups is 1. The van der Waals surface area contributed by atoms with E-state index in [1.54, 1.807) is 0 Å². The number of nitrogens with zero attached hydrogens (tertiary/aromatic N) is 2. The number of rotatable bonds is 4. The van der Waals surface area contributed by atoms with Crippen molar-refractivity contribution in [3.63, 3.8) is 0 Å². The van der Waals surface area contributed by atoms with Gasteiger partial charge in [0.15, 0.2) is 5.96 Å². The highest BCUT2D eigenvalue weighted by Gasteiger charge is 2.34. The molecular weight excluding hydrogens is 274 g/mol. The second-order valence-electron chi connectivity index (χ2n) is 6.82. The van der Waals surface area contributed by atoms with Gasteiger partial charge in [0, 0.05) is 31.0 Å². The van der Waals surface area contributed by atoms with E-state index in [9.17, 15) is 0 Å². The molecule has 1 atom stereocenters. The molecule has 2 fully saturated rings. The van der Waals surface area contributed by atoms with Crippen LogP contribution < -0.4 is 5.32 Å². The second kappa shape index (κ2) is 6.69. The molecule has 0 saturated carbocycles. The van der Waals surface area contributed by atoms with Crippen LogP contribution in [0.15, 0.2) is 35.3 Å². The van der Waals surface area contributed by atoms with Crippen molar-refractivity contribution < 1.29 is 4.74 Å². The molecule has 0 aromatic heterocycles. The third-order valence-electron chi connectivity index (χ3n) is 4.61. The molecule has 0 aliphatic carbocycles. The van der Waals surface area contributed by atoms with E-state index in [2.05, 4.69) is 54.4 Å². The Labute approximate surface area is 133 Å². The summed E-state index contributed by atoms with van der Waals surface area (Å²) in [6, 6.07) is 10.8. The van der Waals surface area contributed by atoms with E-state index >= 15 is 0 Å². The Bertz CT molecular complexity index is 510. The maximum absolute atomic E-state index is 5.33. The lowest BCUT2D eigenvalue weighted by atomic mass is 9.89. The summed E-state index contributed by atoms with van der Waals surface area (Å²) in [5.74, 6) is 1.68. The number of hydrogen-bond donors (Lipinski definition) is 1. The first-order chi connectivity index (χ1) is 10.7. The molecule has 0 amide bonds. The predicted molar refractivity (Wildman–Crippen MR) is 90.3 cm³/mol. The Hall–Kier alpha value is -1.55. The highest BCUT2D eigenvalue weighted by molar-refractivity contribution is 5.80. The Morgan fingerprint density at radius 3 is 2.77 bits per heavy atom. The Morgan fingerprint density at radius 2 is 2.14 bits per heavy atom. The van der Waals surface area contributed by atoms with Crippen LogP contribution in [0.1, 0.15) is 31.7 Å². The normalized spacial score (nSPS) is 24.2. The van der Waals surface area contributed by atoms with E-state index in [1.807, 2.05) is 0 Å². The monoisotopic (exact) mass is 301 g/mol. The summed E-state index contributed by atoms with van der Waals surface area (Å²) in [5.41, 5.74) is 1.68. The molecule has 120 valence electrons. The lowest BCUT2D eigenvalue weighted by Crippen LogP contribution is -2.45. The summed E-state index contributed by atoms with van der Waals surface area (Å²) in [4.78, 5) is 7.28. The van der Waals surface area contributed by atoms with Crippen molar-refractivity contribution in [2.24, 2.45) is 10.4 Å². The summed E-state index contributed by atoms with van der Waals surface area (Å²) in [6.07, 6.45) is 1.20. The molecule has 0 spiro atoms. The molecule has 0 bridgehead atoms. The third-order valence-corrected chi connectivity index (χ3v) is 4.61. The molecule has 0 radical (unpaired) electrons. The van der Waals surface area contributed by atoms with Crippen LogP contribution in [0.5, 0.6) is 0 Å². The number of aliphatic imine (C=N–C) groups is 1. The molecule has 1 N–H and O–H groups in total. The maximum Gasteiger partial charge on any atom is 0.193 e. The summed E-state index contributed by atoms with van der Waals surface area (Å²) in [5, 5.41) is 3.45. The summed E-state index contributed by atoms with van der Waals surface area (Å²) in [6.45, 7) is 9.96. The van der Waals surface area contributed by atoms with Crippen LogP contribution in [-0.4, -0.2) is 50.3 Å². The first-order valence-electron chi connectivity index (χ1n) is 8.36. The van der Waals surface area contributed by atoms with Crippen molar-refractivity contribution in [1.29, 1.82) is 0 Å². The SMILES string of the molecule is CCNC(=NCC1(C)COC1)N1CCC(c2ccccc2)C1. The minimum Gasteiger partial charge on any atom is -0.380 e. The Balaban J connectivity index is 1.64. The largest absolute Gasteiger partial charge is 0.380 e. The molecular formula is C18H27N3O. The predicted octanol–water partition coefficient (Wildman–Crippen LogP) is 2.48. The maximum atomic E-state index is 5.33. The molecule has 1 aromatic rings. The van der Waals surface area contributed by atoms with Gasteiger partial charge in [-0.15, -0.1) is 0 Å². The fourth-order valence-corrected chi connectivity index (χ4v) is 3.18. The summed E-state index contributed by atoms with van der Waals surface area (Å²) < 4.78 is 5.33. The van der Waals surface area contributed by atoms with Crippen LogP contribution >= 0.6 is 0 Å². The van der Waals surface area contributed by atoms with Gasteiger partial charge in [-0.25, -0.2) is 0 Å². The molecule has 4 nitrogen and oxygen atoms in total. The molecule has 2 aliphatic heterocycles. The second-order valence-corrected chi connectivity index (χ2v) is 6.82. The van der Waals surface area contributed by atoms with Gasteiger partial charge in [-0.3, -0.25) is 4.99 Å². The van der Waals surface area contributed by atoms with E-state index in [-0.39, 0.29) is 5.41 Å². The topological polar surface area (TPSA) is 36.9 Å². The van der Waals surface area contributed by atoms with E-state index < -0.39 is 0 Å². The summed E-state index contributed by atoms with van der Waals surface area (Å²) >= 11 is 0. The first kappa shape index (κ1) is 15.3. The standard InChI is InChI=1S/C18H27N3O/c1-3-19-17(20-12-18(2)13-22-14-18)21-10-9-16(11-21)15-7-5-4-6-8-15/h4-8,16H,3,9-14H2,1-2H3,(H,19,20). The molecule has 1 unspecified atom stereocenters. The van der Waals surface area contributed by atoms with Crippen LogP contribution in [0.25, 0.3) is 0 Å². The smallest absolute Gasteiger partial charge is 0.193 e. The number of hydrogen-bond acceptors (Lipinski definition) is 2. The van der Waals surface area contributed by atoms with Crippen LogP contribution in [0.3, 0.4) is 0 Å². The molecule has 2 saturated heterocycles. The van der Waals surface area contributed by atoms with E-state index in [4.69, 9.17) is 9.73 Å². The molecule has 2 heterocycles. The molecule has 22 heavy (non-hydrogen) atoms. The van der Waals surface area contributed by atoms with Crippen molar-refractivity contribution in [3.05, 3.63) is 35.9 Å². The lowest BCUT2D eigenvalue weighted by Gasteiger charge is -2.37. The zero-order chi connectivity index (χ0) is 15.4. The van der Waals surface area contributed by atoms with Crippen LogP contribution in [0, 0.1) is 5.41 Å². The molecule has 2 aliphatic rings. The number of nitrogens with one attached hydrogen (secondary N) is 1. The number of benzene rings is 1. The van der Waals surface area contributed by atoms with Crippen LogP contribution in [0.4, 0.5) is 0 Å². The van der Waals surface area contributed by atoms with Crippen molar-refractivity contribution >= 4 is 5.96 Å². The van der Waals surface area contributed by atoms with E-state index in [1.165, 1.54) is 12.0 Å². The fourth-order valence-electron chi connectivity index (χ4n) is 3.18. The van der Waals surface area contributed by atoms with Crippen molar-refractivity contribution in [2.75, 3.05) is 39.4 Å². The van der Waals surface area contributed by atoms with Crippen LogP contribution in [0.2, 0.25) is 0 Å². The van der Waals surface area contributed by atoms with E-state index in [0.29, 0.717) is 5.92 Å². The molecule has 1 aromatic carbocycles. The van der Waals surface area contributed by atoms with Crippen molar-refractivity contribution in [2.45, 2.75) is 26.2 Å². The van der Waals surface area contributed by atoms with Gasteiger partial charge in [0.1, 0.15) is 0 Å². The lowest BCUT2D eigenvalue weighted by molar-refractivity contribution is -0.0945. The van der Waals surface area contributed by atoms with Crippen LogP contribution in [-0.2, 0) is 4.74 Å². The molecule has 4 heteroatoms. The fraction of sp³-hybridized carbons (Fsp3) is 0.611. The quantitative estimate of drug-likeness (QED) is 0.686. The number of likely N-dealkylation sites (tertiary alicyclic amines) is 1. The van der Waals surface area contributed by atoms with Gasteiger partial charge in [0.2, 0.25) is 0 Å². The average molecular weight is 301 g/mol. The van der Waals surface area contributed by atoms with Gasteiger partial charge in [0.05, 0.1) is 19.8 Å².